The number of nitrogens with zero attached hydrogens (tertiary/aromatic N) is 3. The maximum absolute atomic E-state index is 13.8. The highest BCUT2D eigenvalue weighted by Gasteiger charge is 2.37. The van der Waals surface area contributed by atoms with E-state index in [-0.39, 0.29) is 17.4 Å². The summed E-state index contributed by atoms with van der Waals surface area (Å²) < 4.78 is 34.2. The van der Waals surface area contributed by atoms with Gasteiger partial charge >= 0.3 is 5.97 Å². The summed E-state index contributed by atoms with van der Waals surface area (Å²) in [5, 5.41) is 14.1. The second-order valence-electron chi connectivity index (χ2n) is 12.1. The monoisotopic (exact) mass is 645 g/mol. The summed E-state index contributed by atoms with van der Waals surface area (Å²) in [5.74, 6) is -0.742. The molecule has 0 spiro atoms. The average molecular weight is 646 g/mol. The van der Waals surface area contributed by atoms with Crippen LogP contribution >= 0.6 is 11.3 Å². The Morgan fingerprint density at radius 2 is 1.41 bits per heavy atom. The van der Waals surface area contributed by atoms with Crippen LogP contribution in [-0.4, -0.2) is 46.5 Å². The number of rotatable bonds is 22. The molecule has 2 heterocycles. The molecular weight excluding hydrogens is 595 g/mol. The molecule has 3 aromatic rings. The van der Waals surface area contributed by atoms with Gasteiger partial charge in [0.2, 0.25) is 15.8 Å². The number of benzene rings is 1. The average Bonchev–Trinajstić information content (AvgIpc) is 3.66. The zero-order chi connectivity index (χ0) is 32.0. The van der Waals surface area contributed by atoms with Crippen molar-refractivity contribution in [2.75, 3.05) is 6.54 Å². The fourth-order valence-electron chi connectivity index (χ4n) is 5.51. The lowest BCUT2D eigenvalue weighted by atomic mass is 10.0. The van der Waals surface area contributed by atoms with Gasteiger partial charge in [0, 0.05) is 17.0 Å². The highest BCUT2D eigenvalue weighted by Crippen LogP contribution is 2.29. The molecule has 244 valence electrons. The van der Waals surface area contributed by atoms with E-state index in [2.05, 4.69) is 17.1 Å². The number of aryl methyl sites for hydroxylation is 1. The molecule has 44 heavy (non-hydrogen) atoms. The molecule has 0 fully saturated rings. The van der Waals surface area contributed by atoms with Gasteiger partial charge in [-0.2, -0.15) is 9.29 Å². The predicted molar refractivity (Wildman–Crippen MR) is 178 cm³/mol. The van der Waals surface area contributed by atoms with Crippen LogP contribution in [0, 0.1) is 12.8 Å². The summed E-state index contributed by atoms with van der Waals surface area (Å²) in [4.78, 5) is 18.8. The zero-order valence-corrected chi connectivity index (χ0v) is 28.6. The van der Waals surface area contributed by atoms with Gasteiger partial charge in [-0.05, 0) is 55.7 Å². The number of carboxylic acid groups (broad SMARTS) is 1. The summed E-state index contributed by atoms with van der Waals surface area (Å²) in [7, 11) is -4.05. The molecular formula is C34H51N3O5S2. The van der Waals surface area contributed by atoms with E-state index in [1.807, 2.05) is 19.1 Å². The summed E-state index contributed by atoms with van der Waals surface area (Å²) >= 11 is 1.57. The third kappa shape index (κ3) is 10.8. The predicted octanol–water partition coefficient (Wildman–Crippen LogP) is 9.35. The minimum absolute atomic E-state index is 0.0483. The summed E-state index contributed by atoms with van der Waals surface area (Å²) in [6, 6.07) is 9.00. The van der Waals surface area contributed by atoms with Gasteiger partial charge in [-0.3, -0.25) is 4.79 Å². The Kier molecular flexibility index (Phi) is 15.0. The van der Waals surface area contributed by atoms with Crippen molar-refractivity contribution in [3.05, 3.63) is 41.3 Å². The lowest BCUT2D eigenvalue weighted by Crippen LogP contribution is -2.48. The van der Waals surface area contributed by atoms with Gasteiger partial charge in [-0.1, -0.05) is 109 Å². The second-order valence-corrected chi connectivity index (χ2v) is 15.3. The highest BCUT2D eigenvalue weighted by atomic mass is 32.2. The van der Waals surface area contributed by atoms with Crippen molar-refractivity contribution in [2.24, 2.45) is 5.92 Å². The van der Waals surface area contributed by atoms with E-state index in [1.54, 1.807) is 37.3 Å². The van der Waals surface area contributed by atoms with Crippen molar-refractivity contribution in [1.82, 2.24) is 14.4 Å². The van der Waals surface area contributed by atoms with Crippen LogP contribution in [0.15, 0.2) is 45.8 Å². The second kappa shape index (κ2) is 18.4. The smallest absolute Gasteiger partial charge is 0.322 e. The standard InChI is InChI=1S/C34H51N3O5S2/c1-5-6-7-8-9-10-11-12-13-14-15-16-17-18-25-37(31(26(2)3)34(38)39)44(40,41)29-22-20-28(21-23-29)33-35-32(36-42-33)30-24-19-27(4)43-30/h19-24,26,31H,5-18,25H2,1-4H3,(H,38,39)/t31-/m1/s1. The Morgan fingerprint density at radius 3 is 1.89 bits per heavy atom. The van der Waals surface area contributed by atoms with Crippen molar-refractivity contribution in [3.63, 3.8) is 0 Å². The minimum Gasteiger partial charge on any atom is -0.480 e. The first-order chi connectivity index (χ1) is 21.1. The Hall–Kier alpha value is -2.56. The molecule has 0 aliphatic rings. The van der Waals surface area contributed by atoms with Crippen LogP contribution in [-0.2, 0) is 14.8 Å². The third-order valence-corrected chi connectivity index (χ3v) is 10.9. The van der Waals surface area contributed by atoms with Gasteiger partial charge in [-0.15, -0.1) is 11.3 Å². The van der Waals surface area contributed by atoms with Crippen molar-refractivity contribution in [2.45, 2.75) is 129 Å². The third-order valence-electron chi connectivity index (χ3n) is 8.02. The molecule has 0 aliphatic carbocycles. The first-order valence-electron chi connectivity index (χ1n) is 16.4. The minimum atomic E-state index is -4.05. The molecule has 3 rings (SSSR count). The van der Waals surface area contributed by atoms with E-state index >= 15 is 0 Å². The SMILES string of the molecule is CCCCCCCCCCCCCCCCN([C@@H](C(=O)O)C(C)C)S(=O)(=O)c1ccc(-c2nc(-c3ccc(C)s3)no2)cc1. The van der Waals surface area contributed by atoms with Crippen molar-refractivity contribution in [3.8, 4) is 22.2 Å². The topological polar surface area (TPSA) is 114 Å². The lowest BCUT2D eigenvalue weighted by Gasteiger charge is -2.30. The molecule has 1 N–H and O–H groups in total. The summed E-state index contributed by atoms with van der Waals surface area (Å²) in [5.41, 5.74) is 0.591. The number of unbranched alkanes of at least 4 members (excludes halogenated alkanes) is 13. The number of aromatic nitrogens is 2. The van der Waals surface area contributed by atoms with Crippen LogP contribution in [0.2, 0.25) is 0 Å². The van der Waals surface area contributed by atoms with Crippen LogP contribution < -0.4 is 0 Å². The van der Waals surface area contributed by atoms with Crippen LogP contribution in [0.5, 0.6) is 0 Å². The van der Waals surface area contributed by atoms with Crippen LogP contribution in [0.4, 0.5) is 0 Å². The fourth-order valence-corrected chi connectivity index (χ4v) is 8.06. The zero-order valence-electron chi connectivity index (χ0n) is 27.0. The van der Waals surface area contributed by atoms with Crippen LogP contribution in [0.1, 0.15) is 116 Å². The molecule has 0 radical (unpaired) electrons. The Morgan fingerprint density at radius 1 is 0.864 bits per heavy atom. The molecule has 2 aromatic heterocycles. The molecule has 8 nitrogen and oxygen atoms in total. The van der Waals surface area contributed by atoms with E-state index in [9.17, 15) is 18.3 Å². The van der Waals surface area contributed by atoms with Gasteiger partial charge in [0.05, 0.1) is 9.77 Å². The molecule has 1 atom stereocenters. The summed E-state index contributed by atoms with van der Waals surface area (Å²) in [6.45, 7) is 7.92. The number of aliphatic carboxylic acids is 1. The maximum atomic E-state index is 13.8. The van der Waals surface area contributed by atoms with Gasteiger partial charge in [0.1, 0.15) is 6.04 Å². The van der Waals surface area contributed by atoms with Crippen molar-refractivity contribution >= 4 is 27.3 Å². The van der Waals surface area contributed by atoms with E-state index in [4.69, 9.17) is 4.52 Å². The number of thiophene rings is 1. The first-order valence-corrected chi connectivity index (χ1v) is 18.7. The molecule has 0 amide bonds. The molecule has 0 aliphatic heterocycles. The maximum Gasteiger partial charge on any atom is 0.322 e. The number of carboxylic acids is 1. The van der Waals surface area contributed by atoms with E-state index in [0.717, 1.165) is 29.0 Å². The number of sulfonamides is 1. The molecule has 0 bridgehead atoms. The fraction of sp³-hybridized carbons (Fsp3) is 0.618. The van der Waals surface area contributed by atoms with E-state index < -0.39 is 22.0 Å². The summed E-state index contributed by atoms with van der Waals surface area (Å²) in [6.07, 6.45) is 16.8. The highest BCUT2D eigenvalue weighted by molar-refractivity contribution is 7.89. The molecule has 0 unspecified atom stereocenters. The number of carbonyl (C=O) groups is 1. The van der Waals surface area contributed by atoms with Crippen LogP contribution in [0.3, 0.4) is 0 Å². The normalized spacial score (nSPS) is 12.8. The molecule has 0 saturated heterocycles. The molecule has 10 heteroatoms. The van der Waals surface area contributed by atoms with Gasteiger partial charge < -0.3 is 9.63 Å². The van der Waals surface area contributed by atoms with E-state index in [1.165, 1.54) is 80.6 Å². The lowest BCUT2D eigenvalue weighted by molar-refractivity contribution is -0.143. The van der Waals surface area contributed by atoms with Crippen LogP contribution in [0.25, 0.3) is 22.2 Å². The number of hydrogen-bond donors (Lipinski definition) is 1. The molecule has 1 aromatic carbocycles. The van der Waals surface area contributed by atoms with Gasteiger partial charge in [0.25, 0.3) is 5.89 Å². The number of hydrogen-bond acceptors (Lipinski definition) is 7. The largest absolute Gasteiger partial charge is 0.480 e. The molecule has 0 saturated carbocycles. The first kappa shape index (κ1) is 35.9. The van der Waals surface area contributed by atoms with Gasteiger partial charge in [0.15, 0.2) is 0 Å². The van der Waals surface area contributed by atoms with E-state index in [0.29, 0.717) is 23.7 Å². The Bertz CT molecular complexity index is 1370. The Labute approximate surface area is 268 Å². The Balaban J connectivity index is 1.54. The quantitative estimate of drug-likeness (QED) is 0.108. The van der Waals surface area contributed by atoms with Gasteiger partial charge in [-0.25, -0.2) is 8.42 Å². The van der Waals surface area contributed by atoms with Crippen molar-refractivity contribution in [1.29, 1.82) is 0 Å². The van der Waals surface area contributed by atoms with Crippen molar-refractivity contribution < 1.29 is 22.8 Å².